The van der Waals surface area contributed by atoms with Gasteiger partial charge in [0.05, 0.1) is 4.90 Å². The molecule has 2 aliphatic carbocycles. The van der Waals surface area contributed by atoms with Crippen LogP contribution in [0.3, 0.4) is 0 Å². The van der Waals surface area contributed by atoms with Crippen LogP contribution in [0.15, 0.2) is 29.2 Å². The van der Waals surface area contributed by atoms with E-state index in [1.807, 2.05) is 6.92 Å². The fraction of sp³-hybridized carbons (Fsp3) is 0.667. The Labute approximate surface area is 162 Å². The number of hydrogen-bond acceptors (Lipinski definition) is 3. The van der Waals surface area contributed by atoms with Crippen molar-refractivity contribution in [3.8, 4) is 0 Å². The smallest absolute Gasteiger partial charge is 0.243 e. The molecule has 2 saturated carbocycles. The molecule has 1 N–H and O–H groups in total. The zero-order chi connectivity index (χ0) is 19.2. The van der Waals surface area contributed by atoms with Crippen molar-refractivity contribution in [3.05, 3.63) is 29.8 Å². The van der Waals surface area contributed by atoms with Crippen molar-refractivity contribution in [2.75, 3.05) is 6.54 Å². The number of nitrogens with one attached hydrogen (secondary N) is 1. The van der Waals surface area contributed by atoms with Crippen LogP contribution in [-0.4, -0.2) is 37.3 Å². The van der Waals surface area contributed by atoms with Crippen LogP contribution in [0.4, 0.5) is 0 Å². The van der Waals surface area contributed by atoms with E-state index >= 15 is 0 Å². The van der Waals surface area contributed by atoms with Crippen LogP contribution < -0.4 is 5.32 Å². The molecule has 1 heterocycles. The number of hydrogen-bond donors (Lipinski definition) is 1. The second-order valence-corrected chi connectivity index (χ2v) is 10.6. The van der Waals surface area contributed by atoms with Crippen LogP contribution in [0.5, 0.6) is 0 Å². The summed E-state index contributed by atoms with van der Waals surface area (Å²) in [6.45, 7) is 4.44. The Morgan fingerprint density at radius 3 is 2.52 bits per heavy atom. The molecule has 1 aromatic rings. The molecule has 1 amide bonds. The summed E-state index contributed by atoms with van der Waals surface area (Å²) >= 11 is 0. The Morgan fingerprint density at radius 1 is 1.15 bits per heavy atom. The van der Waals surface area contributed by atoms with Gasteiger partial charge in [-0.3, -0.25) is 4.79 Å². The number of carbonyl (C=O) groups is 1. The summed E-state index contributed by atoms with van der Waals surface area (Å²) in [5.41, 5.74) is 1.02. The average molecular weight is 391 g/mol. The van der Waals surface area contributed by atoms with E-state index in [4.69, 9.17) is 0 Å². The highest BCUT2D eigenvalue weighted by Gasteiger charge is 2.44. The third-order valence-electron chi connectivity index (χ3n) is 6.94. The molecule has 1 saturated heterocycles. The lowest BCUT2D eigenvalue weighted by molar-refractivity contribution is -0.125. The van der Waals surface area contributed by atoms with Gasteiger partial charge in [0.15, 0.2) is 0 Å². The van der Waals surface area contributed by atoms with Gasteiger partial charge in [0.2, 0.25) is 15.9 Å². The summed E-state index contributed by atoms with van der Waals surface area (Å²) < 4.78 is 27.5. The molecule has 4 rings (SSSR count). The van der Waals surface area contributed by atoms with E-state index in [1.54, 1.807) is 24.3 Å². The van der Waals surface area contributed by atoms with Crippen molar-refractivity contribution in [2.45, 2.75) is 69.4 Å². The number of benzene rings is 1. The third-order valence-corrected chi connectivity index (χ3v) is 8.86. The molecule has 2 bridgehead atoms. The van der Waals surface area contributed by atoms with Crippen LogP contribution in [0.25, 0.3) is 0 Å². The first-order valence-corrected chi connectivity index (χ1v) is 11.7. The maximum atomic E-state index is 13.1. The summed E-state index contributed by atoms with van der Waals surface area (Å²) in [5.74, 6) is 2.00. The van der Waals surface area contributed by atoms with E-state index < -0.39 is 16.1 Å². The molecule has 6 heteroatoms. The maximum Gasteiger partial charge on any atom is 0.243 e. The first-order chi connectivity index (χ1) is 12.9. The van der Waals surface area contributed by atoms with Crippen molar-refractivity contribution >= 4 is 15.9 Å². The topological polar surface area (TPSA) is 66.5 Å². The number of nitrogens with zero attached hydrogens (tertiary/aromatic N) is 1. The van der Waals surface area contributed by atoms with Gasteiger partial charge in [-0.05, 0) is 75.8 Å². The van der Waals surface area contributed by atoms with Crippen LogP contribution >= 0.6 is 0 Å². The predicted molar refractivity (Wildman–Crippen MR) is 105 cm³/mol. The molecule has 4 unspecified atom stereocenters. The highest BCUT2D eigenvalue weighted by molar-refractivity contribution is 7.89. The van der Waals surface area contributed by atoms with Crippen molar-refractivity contribution in [1.29, 1.82) is 0 Å². The second-order valence-electron chi connectivity index (χ2n) is 8.72. The lowest BCUT2D eigenvalue weighted by Gasteiger charge is -2.31. The maximum absolute atomic E-state index is 13.1. The Bertz CT molecular complexity index is 805. The zero-order valence-electron chi connectivity index (χ0n) is 16.2. The summed E-state index contributed by atoms with van der Waals surface area (Å²) in [6.07, 6.45) is 6.47. The van der Waals surface area contributed by atoms with E-state index in [1.165, 1.54) is 30.0 Å². The molecule has 1 aliphatic heterocycles. The van der Waals surface area contributed by atoms with E-state index in [0.717, 1.165) is 23.8 Å². The Balaban J connectivity index is 1.46. The highest BCUT2D eigenvalue weighted by Crippen LogP contribution is 2.49. The molecule has 3 fully saturated rings. The summed E-state index contributed by atoms with van der Waals surface area (Å²) in [4.78, 5) is 13.2. The summed E-state index contributed by atoms with van der Waals surface area (Å²) in [6, 6.07) is 6.41. The number of sulfonamides is 1. The molecule has 3 aliphatic rings. The standard InChI is InChI=1S/C21H30N2O3S/c1-14-5-9-18(10-6-14)27(25,26)23-11-3-4-20(23)21(24)22-15(2)19-13-16-7-8-17(19)12-16/h5-6,9-10,15-17,19-20H,3-4,7-8,11-13H2,1-2H3,(H,22,24)/t15?,16?,17?,19?,20-/m0/s1. The molecule has 0 spiro atoms. The highest BCUT2D eigenvalue weighted by atomic mass is 32.2. The number of fused-ring (bicyclic) bond motifs is 2. The van der Waals surface area contributed by atoms with E-state index in [0.29, 0.717) is 18.9 Å². The summed E-state index contributed by atoms with van der Waals surface area (Å²) in [5, 5.41) is 3.17. The predicted octanol–water partition coefficient (Wildman–Crippen LogP) is 3.09. The van der Waals surface area contributed by atoms with E-state index in [2.05, 4.69) is 12.2 Å². The van der Waals surface area contributed by atoms with Gasteiger partial charge < -0.3 is 5.32 Å². The van der Waals surface area contributed by atoms with Crippen molar-refractivity contribution in [1.82, 2.24) is 9.62 Å². The van der Waals surface area contributed by atoms with Gasteiger partial charge in [-0.15, -0.1) is 0 Å². The largest absolute Gasteiger partial charge is 0.352 e. The van der Waals surface area contributed by atoms with Gasteiger partial charge >= 0.3 is 0 Å². The lowest BCUT2D eigenvalue weighted by atomic mass is 9.84. The van der Waals surface area contributed by atoms with Crippen LogP contribution in [0.1, 0.15) is 51.0 Å². The quantitative estimate of drug-likeness (QED) is 0.840. The van der Waals surface area contributed by atoms with Gasteiger partial charge in [0, 0.05) is 12.6 Å². The van der Waals surface area contributed by atoms with Crippen LogP contribution in [0.2, 0.25) is 0 Å². The monoisotopic (exact) mass is 390 g/mol. The molecule has 5 nitrogen and oxygen atoms in total. The molecule has 0 aromatic heterocycles. The van der Waals surface area contributed by atoms with Crippen molar-refractivity contribution < 1.29 is 13.2 Å². The Morgan fingerprint density at radius 2 is 1.89 bits per heavy atom. The average Bonchev–Trinajstić information content (AvgIpc) is 3.38. The molecule has 148 valence electrons. The number of carbonyl (C=O) groups excluding carboxylic acids is 1. The van der Waals surface area contributed by atoms with Gasteiger partial charge in [-0.1, -0.05) is 24.1 Å². The number of rotatable bonds is 5. The minimum absolute atomic E-state index is 0.123. The van der Waals surface area contributed by atoms with E-state index in [-0.39, 0.29) is 16.8 Å². The SMILES string of the molecule is Cc1ccc(S(=O)(=O)N2CCC[C@H]2C(=O)NC(C)C2CC3CCC2C3)cc1. The fourth-order valence-corrected chi connectivity index (χ4v) is 7.13. The summed E-state index contributed by atoms with van der Waals surface area (Å²) in [7, 11) is -3.64. The van der Waals surface area contributed by atoms with Gasteiger partial charge in [0.25, 0.3) is 0 Å². The molecule has 0 radical (unpaired) electrons. The fourth-order valence-electron chi connectivity index (χ4n) is 5.47. The van der Waals surface area contributed by atoms with Crippen LogP contribution in [0, 0.1) is 24.7 Å². The lowest BCUT2D eigenvalue weighted by Crippen LogP contribution is -2.50. The van der Waals surface area contributed by atoms with Crippen molar-refractivity contribution in [2.24, 2.45) is 17.8 Å². The van der Waals surface area contributed by atoms with E-state index in [9.17, 15) is 13.2 Å². The Kier molecular flexibility index (Phi) is 5.06. The first-order valence-electron chi connectivity index (χ1n) is 10.2. The Hall–Kier alpha value is -1.40. The number of amides is 1. The normalized spacial score (nSPS) is 31.9. The van der Waals surface area contributed by atoms with Gasteiger partial charge in [-0.25, -0.2) is 8.42 Å². The molecular weight excluding hydrogens is 360 g/mol. The van der Waals surface area contributed by atoms with Crippen LogP contribution in [-0.2, 0) is 14.8 Å². The van der Waals surface area contributed by atoms with Gasteiger partial charge in [0.1, 0.15) is 6.04 Å². The second kappa shape index (κ2) is 7.21. The molecular formula is C21H30N2O3S. The molecule has 5 atom stereocenters. The first kappa shape index (κ1) is 18.9. The molecule has 1 aromatic carbocycles. The minimum Gasteiger partial charge on any atom is -0.352 e. The molecule has 27 heavy (non-hydrogen) atoms. The zero-order valence-corrected chi connectivity index (χ0v) is 17.0. The minimum atomic E-state index is -3.64. The number of aryl methyl sites for hydroxylation is 1. The van der Waals surface area contributed by atoms with Gasteiger partial charge in [-0.2, -0.15) is 4.31 Å². The van der Waals surface area contributed by atoms with Crippen molar-refractivity contribution in [3.63, 3.8) is 0 Å². The third kappa shape index (κ3) is 3.54.